The first-order chi connectivity index (χ1) is 4.12. The summed E-state index contributed by atoms with van der Waals surface area (Å²) < 4.78 is 16.0. The lowest BCUT2D eigenvalue weighted by Crippen LogP contribution is -1.89. The van der Waals surface area contributed by atoms with Crippen LogP contribution in [0.15, 0.2) is 12.7 Å². The van der Waals surface area contributed by atoms with Crippen LogP contribution in [0.2, 0.25) is 0 Å². The van der Waals surface area contributed by atoms with Gasteiger partial charge < -0.3 is 4.52 Å². The van der Waals surface area contributed by atoms with Crippen LogP contribution < -0.4 is 0 Å². The third-order valence-electron chi connectivity index (χ3n) is 1.04. The van der Waals surface area contributed by atoms with E-state index in [1.165, 1.54) is 0 Å². The van der Waals surface area contributed by atoms with E-state index in [0.717, 1.165) is 0 Å². The molecule has 0 aliphatic carbocycles. The van der Waals surface area contributed by atoms with Crippen LogP contribution in [0.4, 0.5) is 0 Å². The minimum absolute atomic E-state index is 0.390. The zero-order valence-electron chi connectivity index (χ0n) is 5.96. The fourth-order valence-electron chi connectivity index (χ4n) is 0.302. The van der Waals surface area contributed by atoms with Gasteiger partial charge in [-0.3, -0.25) is 4.57 Å². The van der Waals surface area contributed by atoms with Gasteiger partial charge in [-0.05, 0) is 0 Å². The lowest BCUT2D eigenvalue weighted by Gasteiger charge is -2.08. The molecular weight excluding hydrogens is 135 g/mol. The van der Waals surface area contributed by atoms with E-state index < -0.39 is 7.37 Å². The molecule has 0 aromatic carbocycles. The average Bonchev–Trinajstić information content (AvgIpc) is 1.84. The predicted octanol–water partition coefficient (Wildman–Crippen LogP) is 2.12. The molecule has 1 unspecified atom stereocenters. The molecule has 0 amide bonds. The van der Waals surface area contributed by atoms with Gasteiger partial charge in [0.25, 0.3) is 0 Å². The second-order valence-corrected chi connectivity index (χ2v) is 4.83. The molecule has 0 rings (SSSR count). The van der Waals surface area contributed by atoms with E-state index >= 15 is 0 Å². The van der Waals surface area contributed by atoms with E-state index in [1.807, 2.05) is 6.92 Å². The van der Waals surface area contributed by atoms with E-state index in [0.29, 0.717) is 12.8 Å². The highest BCUT2D eigenvalue weighted by atomic mass is 31.2. The third kappa shape index (κ3) is 4.43. The summed E-state index contributed by atoms with van der Waals surface area (Å²) in [7, 11) is -2.26. The summed E-state index contributed by atoms with van der Waals surface area (Å²) in [6.45, 7) is 7.33. The fraction of sp³-hybridized carbons (Fsp3) is 0.667. The van der Waals surface area contributed by atoms with Crippen LogP contribution in [0.1, 0.15) is 6.92 Å². The van der Waals surface area contributed by atoms with Crippen molar-refractivity contribution in [3.05, 3.63) is 12.7 Å². The number of rotatable bonds is 4. The largest absolute Gasteiger partial charge is 0.324 e. The molecule has 0 aliphatic rings. The minimum Gasteiger partial charge on any atom is -0.324 e. The molecule has 0 aromatic heterocycles. The molecule has 0 heterocycles. The van der Waals surface area contributed by atoms with Crippen LogP contribution in [0.5, 0.6) is 0 Å². The van der Waals surface area contributed by atoms with Gasteiger partial charge in [-0.2, -0.15) is 0 Å². The van der Waals surface area contributed by atoms with E-state index in [2.05, 4.69) is 6.58 Å². The SMILES string of the molecule is C=CCOP(C)(=O)CC. The second-order valence-electron chi connectivity index (χ2n) is 1.91. The van der Waals surface area contributed by atoms with Gasteiger partial charge >= 0.3 is 0 Å². The Labute approximate surface area is 56.4 Å². The quantitative estimate of drug-likeness (QED) is 0.451. The molecular formula is C6H13O2P. The van der Waals surface area contributed by atoms with Crippen molar-refractivity contribution in [2.24, 2.45) is 0 Å². The molecule has 0 N–H and O–H groups in total. The van der Waals surface area contributed by atoms with Crippen molar-refractivity contribution in [2.75, 3.05) is 19.4 Å². The average molecular weight is 148 g/mol. The summed E-state index contributed by atoms with van der Waals surface area (Å²) in [5.74, 6) is 0. The fourth-order valence-corrected chi connectivity index (χ4v) is 0.905. The van der Waals surface area contributed by atoms with Crippen LogP contribution >= 0.6 is 7.37 Å². The Morgan fingerprint density at radius 3 is 2.67 bits per heavy atom. The Balaban J connectivity index is 3.58. The highest BCUT2D eigenvalue weighted by Crippen LogP contribution is 2.41. The summed E-state index contributed by atoms with van der Waals surface area (Å²) >= 11 is 0. The predicted molar refractivity (Wildman–Crippen MR) is 40.2 cm³/mol. The molecule has 0 saturated heterocycles. The molecule has 0 aliphatic heterocycles. The van der Waals surface area contributed by atoms with Gasteiger partial charge in [0.15, 0.2) is 7.37 Å². The molecule has 0 saturated carbocycles. The lowest BCUT2D eigenvalue weighted by molar-refractivity contribution is 0.358. The highest BCUT2D eigenvalue weighted by molar-refractivity contribution is 7.58. The van der Waals surface area contributed by atoms with Crippen molar-refractivity contribution in [3.8, 4) is 0 Å². The summed E-state index contributed by atoms with van der Waals surface area (Å²) in [5.41, 5.74) is 0. The first-order valence-electron chi connectivity index (χ1n) is 2.94. The molecule has 9 heavy (non-hydrogen) atoms. The summed E-state index contributed by atoms with van der Waals surface area (Å²) in [4.78, 5) is 0. The van der Waals surface area contributed by atoms with Gasteiger partial charge in [0.2, 0.25) is 0 Å². The maximum Gasteiger partial charge on any atom is 0.200 e. The Kier molecular flexibility index (Phi) is 3.83. The molecule has 0 fully saturated rings. The number of hydrogen-bond donors (Lipinski definition) is 0. The molecule has 0 spiro atoms. The first kappa shape index (κ1) is 8.93. The monoisotopic (exact) mass is 148 g/mol. The van der Waals surface area contributed by atoms with Crippen molar-refractivity contribution in [2.45, 2.75) is 6.92 Å². The van der Waals surface area contributed by atoms with Gasteiger partial charge in [-0.1, -0.05) is 13.0 Å². The van der Waals surface area contributed by atoms with Gasteiger partial charge in [0, 0.05) is 12.8 Å². The van der Waals surface area contributed by atoms with Crippen LogP contribution in [-0.4, -0.2) is 19.4 Å². The van der Waals surface area contributed by atoms with Crippen LogP contribution in [0, 0.1) is 0 Å². The topological polar surface area (TPSA) is 26.3 Å². The third-order valence-corrected chi connectivity index (χ3v) is 2.88. The zero-order chi connectivity index (χ0) is 7.33. The molecule has 3 heteroatoms. The maximum atomic E-state index is 11.1. The van der Waals surface area contributed by atoms with Crippen molar-refractivity contribution in [1.29, 1.82) is 0 Å². The van der Waals surface area contributed by atoms with E-state index in [4.69, 9.17) is 4.52 Å². The van der Waals surface area contributed by atoms with Gasteiger partial charge in [-0.15, -0.1) is 6.58 Å². The molecule has 0 radical (unpaired) electrons. The molecule has 1 atom stereocenters. The van der Waals surface area contributed by atoms with Crippen molar-refractivity contribution < 1.29 is 9.09 Å². The molecule has 2 nitrogen and oxygen atoms in total. The standard InChI is InChI=1S/C6H13O2P/c1-4-6-8-9(3,7)5-2/h4H,1,5-6H2,2-3H3. The molecule has 0 bridgehead atoms. The van der Waals surface area contributed by atoms with Crippen LogP contribution in [-0.2, 0) is 9.09 Å². The van der Waals surface area contributed by atoms with Crippen LogP contribution in [0.3, 0.4) is 0 Å². The summed E-state index contributed by atoms with van der Waals surface area (Å²) in [6.07, 6.45) is 2.20. The second kappa shape index (κ2) is 3.86. The van der Waals surface area contributed by atoms with Crippen LogP contribution in [0.25, 0.3) is 0 Å². The smallest absolute Gasteiger partial charge is 0.200 e. The van der Waals surface area contributed by atoms with Gasteiger partial charge in [-0.25, -0.2) is 0 Å². The summed E-state index contributed by atoms with van der Waals surface area (Å²) in [5, 5.41) is 0. The van der Waals surface area contributed by atoms with E-state index in [-0.39, 0.29) is 0 Å². The van der Waals surface area contributed by atoms with Crippen molar-refractivity contribution in [3.63, 3.8) is 0 Å². The Morgan fingerprint density at radius 2 is 2.33 bits per heavy atom. The van der Waals surface area contributed by atoms with Crippen molar-refractivity contribution in [1.82, 2.24) is 0 Å². The van der Waals surface area contributed by atoms with Gasteiger partial charge in [0.1, 0.15) is 0 Å². The van der Waals surface area contributed by atoms with E-state index in [9.17, 15) is 4.57 Å². The lowest BCUT2D eigenvalue weighted by atomic mass is 10.7. The Bertz CT molecular complexity index is 131. The minimum atomic E-state index is -2.26. The van der Waals surface area contributed by atoms with E-state index in [1.54, 1.807) is 12.7 Å². The Morgan fingerprint density at radius 1 is 1.78 bits per heavy atom. The molecule has 0 aromatic rings. The summed E-state index contributed by atoms with van der Waals surface area (Å²) in [6, 6.07) is 0. The zero-order valence-corrected chi connectivity index (χ0v) is 6.86. The number of hydrogen-bond acceptors (Lipinski definition) is 2. The van der Waals surface area contributed by atoms with Gasteiger partial charge in [0.05, 0.1) is 6.61 Å². The molecule has 54 valence electrons. The maximum absolute atomic E-state index is 11.1. The Hall–Kier alpha value is -0.0700. The first-order valence-corrected chi connectivity index (χ1v) is 5.20. The highest BCUT2D eigenvalue weighted by Gasteiger charge is 2.09. The van der Waals surface area contributed by atoms with Crippen molar-refractivity contribution >= 4 is 7.37 Å². The normalized spacial score (nSPS) is 16.7.